The number of methoxy groups -OCH3 is 1. The van der Waals surface area contributed by atoms with Gasteiger partial charge in [0.05, 0.1) is 19.6 Å². The third-order valence-electron chi connectivity index (χ3n) is 3.46. The Morgan fingerprint density at radius 2 is 1.90 bits per heavy atom. The first kappa shape index (κ1) is 15.5. The van der Waals surface area contributed by atoms with Gasteiger partial charge in [-0.15, -0.1) is 0 Å². The number of carbonyl (C=O) groups excluding carboxylic acids is 1. The van der Waals surface area contributed by atoms with Gasteiger partial charge >= 0.3 is 0 Å². The molecule has 1 amide bonds. The van der Waals surface area contributed by atoms with E-state index in [1.165, 1.54) is 5.39 Å². The predicted molar refractivity (Wildman–Crippen MR) is 83.2 cm³/mol. The molecule has 4 nitrogen and oxygen atoms in total. The first-order valence-electron chi connectivity index (χ1n) is 7.10. The highest BCUT2D eigenvalue weighted by molar-refractivity contribution is 5.85. The molecule has 0 aliphatic carbocycles. The van der Waals surface area contributed by atoms with Crippen LogP contribution < -0.4 is 0 Å². The van der Waals surface area contributed by atoms with Crippen LogP contribution in [-0.2, 0) is 16.0 Å². The van der Waals surface area contributed by atoms with E-state index in [0.29, 0.717) is 26.1 Å². The SMILES string of the molecule is COCCN(CCO)C(=O)Cc1ccc2ccccc2c1. The number of amides is 1. The Bertz CT molecular complexity index is 597. The van der Waals surface area contributed by atoms with E-state index >= 15 is 0 Å². The first-order chi connectivity index (χ1) is 10.2. The summed E-state index contributed by atoms with van der Waals surface area (Å²) in [5, 5.41) is 11.4. The maximum atomic E-state index is 12.3. The fourth-order valence-corrected chi connectivity index (χ4v) is 2.32. The van der Waals surface area contributed by atoms with Crippen LogP contribution in [0.1, 0.15) is 5.56 Å². The van der Waals surface area contributed by atoms with Crippen molar-refractivity contribution in [3.8, 4) is 0 Å². The first-order valence-corrected chi connectivity index (χ1v) is 7.10. The van der Waals surface area contributed by atoms with Crippen LogP contribution in [0.15, 0.2) is 42.5 Å². The van der Waals surface area contributed by atoms with Crippen molar-refractivity contribution in [2.45, 2.75) is 6.42 Å². The smallest absolute Gasteiger partial charge is 0.227 e. The lowest BCUT2D eigenvalue weighted by molar-refractivity contribution is -0.131. The van der Waals surface area contributed by atoms with Crippen molar-refractivity contribution in [1.82, 2.24) is 4.90 Å². The van der Waals surface area contributed by atoms with Crippen LogP contribution in [0.2, 0.25) is 0 Å². The van der Waals surface area contributed by atoms with E-state index in [1.807, 2.05) is 36.4 Å². The minimum absolute atomic E-state index is 0.0105. The van der Waals surface area contributed by atoms with E-state index in [9.17, 15) is 4.79 Å². The number of hydrogen-bond donors (Lipinski definition) is 1. The molecular formula is C17H21NO3. The summed E-state index contributed by atoms with van der Waals surface area (Å²) in [6, 6.07) is 14.1. The van der Waals surface area contributed by atoms with Crippen LogP contribution in [0.25, 0.3) is 10.8 Å². The highest BCUT2D eigenvalue weighted by Crippen LogP contribution is 2.16. The van der Waals surface area contributed by atoms with E-state index in [-0.39, 0.29) is 12.5 Å². The molecule has 21 heavy (non-hydrogen) atoms. The lowest BCUT2D eigenvalue weighted by atomic mass is 10.0. The molecule has 0 aromatic heterocycles. The second-order valence-electron chi connectivity index (χ2n) is 4.96. The van der Waals surface area contributed by atoms with E-state index in [0.717, 1.165) is 10.9 Å². The molecule has 0 bridgehead atoms. The van der Waals surface area contributed by atoms with Gasteiger partial charge in [-0.1, -0.05) is 42.5 Å². The second kappa shape index (κ2) is 7.76. The summed E-state index contributed by atoms with van der Waals surface area (Å²) in [7, 11) is 1.60. The Kier molecular flexibility index (Phi) is 5.72. The van der Waals surface area contributed by atoms with Crippen LogP contribution >= 0.6 is 0 Å². The van der Waals surface area contributed by atoms with E-state index in [4.69, 9.17) is 9.84 Å². The number of nitrogens with zero attached hydrogens (tertiary/aromatic N) is 1. The summed E-state index contributed by atoms with van der Waals surface area (Å²) in [6.45, 7) is 1.29. The summed E-state index contributed by atoms with van der Waals surface area (Å²) >= 11 is 0. The number of aliphatic hydroxyl groups excluding tert-OH is 1. The number of carbonyl (C=O) groups is 1. The molecule has 0 spiro atoms. The van der Waals surface area contributed by atoms with Crippen molar-refractivity contribution in [2.75, 3.05) is 33.4 Å². The molecular weight excluding hydrogens is 266 g/mol. The van der Waals surface area contributed by atoms with Gasteiger partial charge in [0.25, 0.3) is 0 Å². The normalized spacial score (nSPS) is 10.8. The van der Waals surface area contributed by atoms with Crippen LogP contribution in [0.4, 0.5) is 0 Å². The molecule has 0 fully saturated rings. The maximum absolute atomic E-state index is 12.3. The summed E-state index contributed by atoms with van der Waals surface area (Å²) in [5.41, 5.74) is 0.985. The number of hydrogen-bond acceptors (Lipinski definition) is 3. The molecule has 2 aromatic carbocycles. The van der Waals surface area contributed by atoms with Crippen LogP contribution in [0, 0.1) is 0 Å². The molecule has 0 unspecified atom stereocenters. The summed E-state index contributed by atoms with van der Waals surface area (Å²) in [6.07, 6.45) is 0.342. The zero-order valence-electron chi connectivity index (χ0n) is 12.3. The van der Waals surface area contributed by atoms with Gasteiger partial charge in [-0.05, 0) is 16.3 Å². The summed E-state index contributed by atoms with van der Waals surface area (Å²) in [4.78, 5) is 13.9. The van der Waals surface area contributed by atoms with Crippen molar-refractivity contribution in [3.05, 3.63) is 48.0 Å². The fourth-order valence-electron chi connectivity index (χ4n) is 2.32. The Balaban J connectivity index is 2.08. The standard InChI is InChI=1S/C17H21NO3/c1-21-11-9-18(8-10-19)17(20)13-14-6-7-15-4-2-3-5-16(15)12-14/h2-7,12,19H,8-11,13H2,1H3. The van der Waals surface area contributed by atoms with Gasteiger partial charge < -0.3 is 14.7 Å². The molecule has 2 rings (SSSR count). The van der Waals surface area contributed by atoms with Crippen molar-refractivity contribution < 1.29 is 14.6 Å². The molecule has 0 saturated heterocycles. The number of aliphatic hydroxyl groups is 1. The van der Waals surface area contributed by atoms with E-state index in [2.05, 4.69) is 6.07 Å². The van der Waals surface area contributed by atoms with Gasteiger partial charge in [0.15, 0.2) is 0 Å². The predicted octanol–water partition coefficient (Wildman–Crippen LogP) is 1.85. The van der Waals surface area contributed by atoms with Crippen LogP contribution in [0.3, 0.4) is 0 Å². The second-order valence-corrected chi connectivity index (χ2v) is 4.96. The highest BCUT2D eigenvalue weighted by Gasteiger charge is 2.13. The van der Waals surface area contributed by atoms with E-state index < -0.39 is 0 Å². The van der Waals surface area contributed by atoms with Gasteiger partial charge in [-0.3, -0.25) is 4.79 Å². The molecule has 4 heteroatoms. The summed E-state index contributed by atoms with van der Waals surface area (Å²) < 4.78 is 5.00. The quantitative estimate of drug-likeness (QED) is 0.845. The number of fused-ring (bicyclic) bond motifs is 1. The van der Waals surface area contributed by atoms with Gasteiger partial charge in [-0.2, -0.15) is 0 Å². The number of rotatable bonds is 7. The third-order valence-corrected chi connectivity index (χ3v) is 3.46. The molecule has 112 valence electrons. The Morgan fingerprint density at radius 1 is 1.14 bits per heavy atom. The van der Waals surface area contributed by atoms with Gasteiger partial charge in [-0.25, -0.2) is 0 Å². The molecule has 1 N–H and O–H groups in total. The van der Waals surface area contributed by atoms with Gasteiger partial charge in [0, 0.05) is 20.2 Å². The zero-order chi connectivity index (χ0) is 15.1. The zero-order valence-corrected chi connectivity index (χ0v) is 12.3. The minimum atomic E-state index is -0.0345. The molecule has 0 aliphatic heterocycles. The fraction of sp³-hybridized carbons (Fsp3) is 0.353. The van der Waals surface area contributed by atoms with Crippen molar-refractivity contribution in [1.29, 1.82) is 0 Å². The van der Waals surface area contributed by atoms with Gasteiger partial charge in [0.1, 0.15) is 0 Å². The largest absolute Gasteiger partial charge is 0.395 e. The number of ether oxygens (including phenoxy) is 1. The lowest BCUT2D eigenvalue weighted by Crippen LogP contribution is -2.37. The number of benzene rings is 2. The molecule has 0 saturated carbocycles. The Hall–Kier alpha value is -1.91. The average molecular weight is 287 g/mol. The third kappa shape index (κ3) is 4.28. The van der Waals surface area contributed by atoms with Gasteiger partial charge in [0.2, 0.25) is 5.91 Å². The van der Waals surface area contributed by atoms with Crippen LogP contribution in [0.5, 0.6) is 0 Å². The monoisotopic (exact) mass is 287 g/mol. The molecule has 0 atom stereocenters. The minimum Gasteiger partial charge on any atom is -0.395 e. The Morgan fingerprint density at radius 3 is 2.62 bits per heavy atom. The molecule has 0 radical (unpaired) electrons. The maximum Gasteiger partial charge on any atom is 0.227 e. The van der Waals surface area contributed by atoms with Crippen LogP contribution in [-0.4, -0.2) is 49.3 Å². The van der Waals surface area contributed by atoms with Crippen molar-refractivity contribution in [2.24, 2.45) is 0 Å². The molecule has 0 aliphatic rings. The summed E-state index contributed by atoms with van der Waals surface area (Å²) in [5.74, 6) is 0.0105. The topological polar surface area (TPSA) is 49.8 Å². The van der Waals surface area contributed by atoms with Crippen molar-refractivity contribution in [3.63, 3.8) is 0 Å². The average Bonchev–Trinajstić information content (AvgIpc) is 2.51. The van der Waals surface area contributed by atoms with Crippen molar-refractivity contribution >= 4 is 16.7 Å². The molecule has 2 aromatic rings. The highest BCUT2D eigenvalue weighted by atomic mass is 16.5. The molecule has 0 heterocycles. The lowest BCUT2D eigenvalue weighted by Gasteiger charge is -2.21. The Labute approximate surface area is 124 Å². The van der Waals surface area contributed by atoms with E-state index in [1.54, 1.807) is 12.0 Å².